The zero-order valence-corrected chi connectivity index (χ0v) is 10.2. The van der Waals surface area contributed by atoms with Crippen molar-refractivity contribution in [3.63, 3.8) is 0 Å². The van der Waals surface area contributed by atoms with Crippen LogP contribution in [0, 0.1) is 11.6 Å². The molecule has 0 aromatic heterocycles. The lowest BCUT2D eigenvalue weighted by atomic mass is 10.1. The van der Waals surface area contributed by atoms with Crippen molar-refractivity contribution in [2.75, 3.05) is 13.1 Å². The van der Waals surface area contributed by atoms with Crippen molar-refractivity contribution >= 4 is 0 Å². The summed E-state index contributed by atoms with van der Waals surface area (Å²) in [6.45, 7) is 3.35. The Morgan fingerprint density at radius 2 is 2.00 bits per heavy atom. The molecule has 0 fully saturated rings. The second-order valence-electron chi connectivity index (χ2n) is 4.12. The van der Waals surface area contributed by atoms with Crippen LogP contribution in [0.1, 0.15) is 37.8 Å². The molecule has 0 saturated heterocycles. The first-order chi connectivity index (χ1) is 8.19. The third-order valence-electron chi connectivity index (χ3n) is 2.75. The summed E-state index contributed by atoms with van der Waals surface area (Å²) in [6.07, 6.45) is 3.37. The quantitative estimate of drug-likeness (QED) is 0.721. The Kier molecular flexibility index (Phi) is 6.08. The number of rotatable bonds is 7. The topological polar surface area (TPSA) is 38.0 Å². The van der Waals surface area contributed by atoms with Gasteiger partial charge in [0.1, 0.15) is 0 Å². The first-order valence-corrected chi connectivity index (χ1v) is 6.07. The van der Waals surface area contributed by atoms with Gasteiger partial charge in [-0.2, -0.15) is 0 Å². The second kappa shape index (κ2) is 7.35. The Hall–Kier alpha value is -1.00. The van der Waals surface area contributed by atoms with Gasteiger partial charge in [0.15, 0.2) is 11.6 Å². The van der Waals surface area contributed by atoms with E-state index in [-0.39, 0.29) is 6.04 Å². The van der Waals surface area contributed by atoms with Crippen LogP contribution < -0.4 is 11.1 Å². The number of nitrogens with one attached hydrogen (secondary N) is 1. The van der Waals surface area contributed by atoms with Crippen molar-refractivity contribution in [1.82, 2.24) is 5.32 Å². The predicted octanol–water partition coefficient (Wildman–Crippen LogP) is 2.74. The van der Waals surface area contributed by atoms with E-state index in [0.29, 0.717) is 12.1 Å². The molecule has 4 heteroatoms. The van der Waals surface area contributed by atoms with E-state index in [9.17, 15) is 8.78 Å². The summed E-state index contributed by atoms with van der Waals surface area (Å²) in [7, 11) is 0. The second-order valence-corrected chi connectivity index (χ2v) is 4.12. The van der Waals surface area contributed by atoms with Gasteiger partial charge in [-0.05, 0) is 30.7 Å². The highest BCUT2D eigenvalue weighted by Crippen LogP contribution is 2.15. The maximum atomic E-state index is 13.1. The molecule has 1 unspecified atom stereocenters. The molecule has 2 nitrogen and oxygen atoms in total. The van der Waals surface area contributed by atoms with Gasteiger partial charge in [-0.3, -0.25) is 0 Å². The van der Waals surface area contributed by atoms with Crippen molar-refractivity contribution in [2.45, 2.75) is 32.2 Å². The standard InChI is InChI=1S/C13H20F2N2/c1-2-3-4-7-17-13(9-16)10-5-6-11(14)12(15)8-10/h5-6,8,13,17H,2-4,7,9,16H2,1H3. The first-order valence-electron chi connectivity index (χ1n) is 6.07. The zero-order chi connectivity index (χ0) is 12.7. The lowest BCUT2D eigenvalue weighted by Crippen LogP contribution is -2.29. The molecular weight excluding hydrogens is 222 g/mol. The summed E-state index contributed by atoms with van der Waals surface area (Å²) in [6, 6.07) is 3.81. The van der Waals surface area contributed by atoms with Crippen LogP contribution in [-0.2, 0) is 0 Å². The molecule has 0 aliphatic heterocycles. The van der Waals surface area contributed by atoms with Crippen molar-refractivity contribution in [2.24, 2.45) is 5.73 Å². The minimum Gasteiger partial charge on any atom is -0.329 e. The van der Waals surface area contributed by atoms with Gasteiger partial charge in [0.2, 0.25) is 0 Å². The van der Waals surface area contributed by atoms with E-state index in [1.165, 1.54) is 6.07 Å². The van der Waals surface area contributed by atoms with Crippen molar-refractivity contribution < 1.29 is 8.78 Å². The molecule has 1 aromatic rings. The summed E-state index contributed by atoms with van der Waals surface area (Å²) >= 11 is 0. The highest BCUT2D eigenvalue weighted by molar-refractivity contribution is 5.21. The van der Waals surface area contributed by atoms with Gasteiger partial charge in [-0.15, -0.1) is 0 Å². The fourth-order valence-electron chi connectivity index (χ4n) is 1.72. The summed E-state index contributed by atoms with van der Waals surface area (Å²) in [5.41, 5.74) is 6.33. The Balaban J connectivity index is 2.56. The predicted molar refractivity (Wildman–Crippen MR) is 65.7 cm³/mol. The molecule has 0 saturated carbocycles. The van der Waals surface area contributed by atoms with E-state index < -0.39 is 11.6 Å². The molecule has 0 aliphatic rings. The van der Waals surface area contributed by atoms with Crippen LogP contribution in [0.3, 0.4) is 0 Å². The molecule has 0 aliphatic carbocycles. The molecule has 1 atom stereocenters. The molecule has 3 N–H and O–H groups in total. The lowest BCUT2D eigenvalue weighted by Gasteiger charge is -2.17. The van der Waals surface area contributed by atoms with E-state index >= 15 is 0 Å². The normalized spacial score (nSPS) is 12.7. The number of halogens is 2. The maximum absolute atomic E-state index is 13.1. The molecular formula is C13H20F2N2. The highest BCUT2D eigenvalue weighted by Gasteiger charge is 2.11. The number of nitrogens with two attached hydrogens (primary N) is 1. The molecule has 1 rings (SSSR count). The SMILES string of the molecule is CCCCCNC(CN)c1ccc(F)c(F)c1. The van der Waals surface area contributed by atoms with Crippen LogP contribution >= 0.6 is 0 Å². The third kappa shape index (κ3) is 4.40. The Labute approximate surface area is 101 Å². The van der Waals surface area contributed by atoms with Crippen molar-refractivity contribution in [3.8, 4) is 0 Å². The summed E-state index contributed by atoms with van der Waals surface area (Å²) in [5.74, 6) is -1.65. The minimum atomic E-state index is -0.824. The summed E-state index contributed by atoms with van der Waals surface area (Å²) in [5, 5.41) is 3.25. The van der Waals surface area contributed by atoms with Crippen molar-refractivity contribution in [1.29, 1.82) is 0 Å². The van der Waals surface area contributed by atoms with Gasteiger partial charge < -0.3 is 11.1 Å². The zero-order valence-electron chi connectivity index (χ0n) is 10.2. The van der Waals surface area contributed by atoms with Gasteiger partial charge in [0.25, 0.3) is 0 Å². The average molecular weight is 242 g/mol. The fraction of sp³-hybridized carbons (Fsp3) is 0.538. The highest BCUT2D eigenvalue weighted by atomic mass is 19.2. The smallest absolute Gasteiger partial charge is 0.159 e. The van der Waals surface area contributed by atoms with Crippen molar-refractivity contribution in [3.05, 3.63) is 35.4 Å². The van der Waals surface area contributed by atoms with E-state index in [1.54, 1.807) is 6.07 Å². The van der Waals surface area contributed by atoms with Crippen LogP contribution in [0.5, 0.6) is 0 Å². The van der Waals surface area contributed by atoms with Gasteiger partial charge >= 0.3 is 0 Å². The summed E-state index contributed by atoms with van der Waals surface area (Å²) in [4.78, 5) is 0. The van der Waals surface area contributed by atoms with E-state index in [0.717, 1.165) is 31.9 Å². The van der Waals surface area contributed by atoms with E-state index in [1.807, 2.05) is 0 Å². The number of hydrogen-bond donors (Lipinski definition) is 2. The van der Waals surface area contributed by atoms with E-state index in [4.69, 9.17) is 5.73 Å². The number of hydrogen-bond acceptors (Lipinski definition) is 2. The van der Waals surface area contributed by atoms with Crippen LogP contribution in [0.4, 0.5) is 8.78 Å². The summed E-state index contributed by atoms with van der Waals surface area (Å²) < 4.78 is 25.9. The largest absolute Gasteiger partial charge is 0.329 e. The van der Waals surface area contributed by atoms with Gasteiger partial charge in [0, 0.05) is 12.6 Å². The lowest BCUT2D eigenvalue weighted by molar-refractivity contribution is 0.492. The van der Waals surface area contributed by atoms with Gasteiger partial charge in [-0.1, -0.05) is 25.8 Å². The average Bonchev–Trinajstić information content (AvgIpc) is 2.33. The van der Waals surface area contributed by atoms with Gasteiger partial charge in [-0.25, -0.2) is 8.78 Å². The fourth-order valence-corrected chi connectivity index (χ4v) is 1.72. The molecule has 0 amide bonds. The monoisotopic (exact) mass is 242 g/mol. The molecule has 0 bridgehead atoms. The molecule has 1 aromatic carbocycles. The third-order valence-corrected chi connectivity index (χ3v) is 2.75. The Morgan fingerprint density at radius 1 is 1.24 bits per heavy atom. The van der Waals surface area contributed by atoms with Crippen LogP contribution in [-0.4, -0.2) is 13.1 Å². The maximum Gasteiger partial charge on any atom is 0.159 e. The first kappa shape index (κ1) is 14.1. The number of benzene rings is 1. The molecule has 0 heterocycles. The molecule has 0 spiro atoms. The van der Waals surface area contributed by atoms with Crippen LogP contribution in [0.2, 0.25) is 0 Å². The Bertz CT molecular complexity index is 342. The van der Waals surface area contributed by atoms with Gasteiger partial charge in [0.05, 0.1) is 0 Å². The van der Waals surface area contributed by atoms with Crippen LogP contribution in [0.15, 0.2) is 18.2 Å². The Morgan fingerprint density at radius 3 is 2.59 bits per heavy atom. The molecule has 96 valence electrons. The van der Waals surface area contributed by atoms with Crippen LogP contribution in [0.25, 0.3) is 0 Å². The number of unbranched alkanes of at least 4 members (excludes halogenated alkanes) is 2. The minimum absolute atomic E-state index is 0.109. The molecule has 17 heavy (non-hydrogen) atoms. The van der Waals surface area contributed by atoms with E-state index in [2.05, 4.69) is 12.2 Å². The molecule has 0 radical (unpaired) electrons.